The second-order valence-electron chi connectivity index (χ2n) is 16.7. The molecule has 0 bridgehead atoms. The van der Waals surface area contributed by atoms with Crippen molar-refractivity contribution >= 4 is 75.9 Å². The molecule has 0 spiro atoms. The molecule has 0 aliphatic heterocycles. The van der Waals surface area contributed by atoms with Crippen molar-refractivity contribution in [1.82, 2.24) is 14.1 Å². The third-order valence-electron chi connectivity index (χ3n) is 13.3. The number of hydrogen-bond donors (Lipinski definition) is 0. The Hall–Kier alpha value is -7.49. The fourth-order valence-corrected chi connectivity index (χ4v) is 10.8. The number of hydrogen-bond acceptors (Lipinski definition) is 1. The topological polar surface area (TPSA) is 22.8 Å². The Morgan fingerprint density at radius 1 is 0.407 bits per heavy atom. The van der Waals surface area contributed by atoms with Crippen LogP contribution in [0.3, 0.4) is 0 Å². The molecule has 9 aromatic carbocycles. The van der Waals surface area contributed by atoms with Gasteiger partial charge in [-0.3, -0.25) is 4.98 Å². The van der Waals surface area contributed by atoms with Gasteiger partial charge >= 0.3 is 0 Å². The first-order valence-corrected chi connectivity index (χ1v) is 20.6. The Morgan fingerprint density at radius 3 is 1.68 bits per heavy atom. The molecule has 0 N–H and O–H groups in total. The maximum atomic E-state index is 5.19. The maximum absolute atomic E-state index is 5.19. The van der Waals surface area contributed by atoms with E-state index in [-0.39, 0.29) is 5.41 Å². The highest BCUT2D eigenvalue weighted by Crippen LogP contribution is 2.57. The standard InChI is InChI=1S/C56H37N3/c1-56(2)46-28-30-50-54(53(46)43-27-26-42-39-21-10-9-19-37(39)38-20-11-12-23-41(38)52(42)55(43)56)44-31-34(25-29-49(44)58(50)35-15-5-3-6-16-35)47-32-51-45(33-57-47)40-22-13-14-24-48(40)59(51)36-17-7-4-8-18-36/h3-33H,1-2H3. The van der Waals surface area contributed by atoms with Crippen LogP contribution in [0.5, 0.6) is 0 Å². The van der Waals surface area contributed by atoms with Crippen molar-refractivity contribution in [1.29, 1.82) is 0 Å². The molecule has 0 saturated heterocycles. The van der Waals surface area contributed by atoms with Crippen LogP contribution in [0.15, 0.2) is 188 Å². The Morgan fingerprint density at radius 2 is 0.966 bits per heavy atom. The molecule has 12 aromatic rings. The van der Waals surface area contributed by atoms with E-state index in [4.69, 9.17) is 4.98 Å². The van der Waals surface area contributed by atoms with Gasteiger partial charge in [0.1, 0.15) is 0 Å². The molecule has 0 unspecified atom stereocenters. The summed E-state index contributed by atoms with van der Waals surface area (Å²) in [5, 5.41) is 12.8. The van der Waals surface area contributed by atoms with E-state index in [1.165, 1.54) is 87.3 Å². The fraction of sp³-hybridized carbons (Fsp3) is 0.0536. The second-order valence-corrected chi connectivity index (χ2v) is 16.7. The fourth-order valence-electron chi connectivity index (χ4n) is 10.8. The molecule has 0 saturated carbocycles. The average Bonchev–Trinajstić information content (AvgIpc) is 3.89. The molecule has 276 valence electrons. The number of benzene rings is 9. The van der Waals surface area contributed by atoms with E-state index in [9.17, 15) is 0 Å². The lowest BCUT2D eigenvalue weighted by Gasteiger charge is -2.24. The molecule has 3 heterocycles. The maximum Gasteiger partial charge on any atom is 0.0723 e. The van der Waals surface area contributed by atoms with Crippen LogP contribution in [0.1, 0.15) is 25.0 Å². The summed E-state index contributed by atoms with van der Waals surface area (Å²) in [6.45, 7) is 4.86. The van der Waals surface area contributed by atoms with Crippen LogP contribution >= 0.6 is 0 Å². The smallest absolute Gasteiger partial charge is 0.0723 e. The first-order chi connectivity index (χ1) is 29.1. The zero-order valence-corrected chi connectivity index (χ0v) is 32.7. The number of rotatable bonds is 3. The first-order valence-electron chi connectivity index (χ1n) is 20.6. The molecular weight excluding hydrogens is 715 g/mol. The average molecular weight is 752 g/mol. The van der Waals surface area contributed by atoms with Gasteiger partial charge in [0.15, 0.2) is 0 Å². The van der Waals surface area contributed by atoms with Crippen LogP contribution in [-0.4, -0.2) is 14.1 Å². The van der Waals surface area contributed by atoms with Crippen LogP contribution in [0.2, 0.25) is 0 Å². The van der Waals surface area contributed by atoms with Crippen LogP contribution in [-0.2, 0) is 5.41 Å². The molecule has 13 rings (SSSR count). The Bertz CT molecular complexity index is 3700. The van der Waals surface area contributed by atoms with Crippen LogP contribution in [0, 0.1) is 0 Å². The highest BCUT2D eigenvalue weighted by molar-refractivity contribution is 6.29. The first kappa shape index (κ1) is 32.6. The zero-order chi connectivity index (χ0) is 39.0. The summed E-state index contributed by atoms with van der Waals surface area (Å²) in [6, 6.07) is 66.9. The van der Waals surface area contributed by atoms with Crippen molar-refractivity contribution in [2.75, 3.05) is 0 Å². The van der Waals surface area contributed by atoms with Gasteiger partial charge in [0, 0.05) is 50.1 Å². The van der Waals surface area contributed by atoms with E-state index in [1.807, 2.05) is 0 Å². The van der Waals surface area contributed by atoms with E-state index in [0.717, 1.165) is 33.5 Å². The molecule has 59 heavy (non-hydrogen) atoms. The molecule has 3 heteroatoms. The summed E-state index contributed by atoms with van der Waals surface area (Å²) in [6.07, 6.45) is 2.07. The minimum atomic E-state index is -0.236. The van der Waals surface area contributed by atoms with Crippen molar-refractivity contribution in [2.24, 2.45) is 0 Å². The van der Waals surface area contributed by atoms with Gasteiger partial charge in [-0.05, 0) is 109 Å². The van der Waals surface area contributed by atoms with E-state index in [1.54, 1.807) is 0 Å². The van der Waals surface area contributed by atoms with Crippen LogP contribution in [0.25, 0.3) is 110 Å². The summed E-state index contributed by atoms with van der Waals surface area (Å²) in [5.74, 6) is 0. The number of para-hydroxylation sites is 3. The molecule has 0 radical (unpaired) electrons. The monoisotopic (exact) mass is 751 g/mol. The molecule has 0 amide bonds. The summed E-state index contributed by atoms with van der Waals surface area (Å²) >= 11 is 0. The van der Waals surface area contributed by atoms with Gasteiger partial charge in [0.25, 0.3) is 0 Å². The Labute approximate surface area is 341 Å². The van der Waals surface area contributed by atoms with Crippen molar-refractivity contribution in [2.45, 2.75) is 19.3 Å². The van der Waals surface area contributed by atoms with Crippen molar-refractivity contribution in [3.05, 3.63) is 199 Å². The molecular formula is C56H37N3. The number of aromatic nitrogens is 3. The van der Waals surface area contributed by atoms with Gasteiger partial charge in [-0.15, -0.1) is 0 Å². The van der Waals surface area contributed by atoms with Gasteiger partial charge in [-0.25, -0.2) is 0 Å². The molecule has 1 aliphatic rings. The summed E-state index contributed by atoms with van der Waals surface area (Å²) < 4.78 is 4.83. The van der Waals surface area contributed by atoms with Gasteiger partial charge in [0.05, 0.1) is 27.8 Å². The van der Waals surface area contributed by atoms with E-state index in [0.29, 0.717) is 0 Å². The number of fused-ring (bicyclic) bond motifs is 17. The highest BCUT2D eigenvalue weighted by atomic mass is 15.0. The lowest BCUT2D eigenvalue weighted by molar-refractivity contribution is 0.667. The predicted molar refractivity (Wildman–Crippen MR) is 248 cm³/mol. The van der Waals surface area contributed by atoms with E-state index in [2.05, 4.69) is 211 Å². The van der Waals surface area contributed by atoms with E-state index >= 15 is 0 Å². The van der Waals surface area contributed by atoms with Crippen molar-refractivity contribution < 1.29 is 0 Å². The predicted octanol–water partition coefficient (Wildman–Crippen LogP) is 14.7. The van der Waals surface area contributed by atoms with Crippen LogP contribution in [0.4, 0.5) is 0 Å². The molecule has 0 fully saturated rings. The van der Waals surface area contributed by atoms with Crippen molar-refractivity contribution in [3.63, 3.8) is 0 Å². The second kappa shape index (κ2) is 11.8. The van der Waals surface area contributed by atoms with Gasteiger partial charge < -0.3 is 9.13 Å². The summed E-state index contributed by atoms with van der Waals surface area (Å²) in [4.78, 5) is 5.19. The molecule has 3 aromatic heterocycles. The summed E-state index contributed by atoms with van der Waals surface area (Å²) in [7, 11) is 0. The Kier molecular flexibility index (Phi) is 6.51. The lowest BCUT2D eigenvalue weighted by Crippen LogP contribution is -2.15. The third kappa shape index (κ3) is 4.34. The van der Waals surface area contributed by atoms with Crippen LogP contribution < -0.4 is 0 Å². The quantitative estimate of drug-likeness (QED) is 0.165. The van der Waals surface area contributed by atoms with Gasteiger partial charge in [-0.1, -0.05) is 141 Å². The lowest BCUT2D eigenvalue weighted by atomic mass is 9.78. The molecule has 0 atom stereocenters. The number of nitrogens with zero attached hydrogens (tertiary/aromatic N) is 3. The van der Waals surface area contributed by atoms with Gasteiger partial charge in [-0.2, -0.15) is 0 Å². The van der Waals surface area contributed by atoms with E-state index < -0.39 is 0 Å². The normalized spacial score (nSPS) is 13.4. The zero-order valence-electron chi connectivity index (χ0n) is 32.7. The SMILES string of the molecule is CC1(C)c2ccc3c(c2-c2ccc4c5ccccc5c5ccccc5c4c21)c1cc(-c2cc4c(cn2)c2ccccc2n4-c2ccccc2)ccc1n3-c1ccccc1. The highest BCUT2D eigenvalue weighted by Gasteiger charge is 2.39. The Balaban J connectivity index is 1.13. The van der Waals surface area contributed by atoms with Gasteiger partial charge in [0.2, 0.25) is 0 Å². The largest absolute Gasteiger partial charge is 0.309 e. The molecule has 1 aliphatic carbocycles. The number of pyridine rings is 1. The minimum Gasteiger partial charge on any atom is -0.309 e. The minimum absolute atomic E-state index is 0.236. The summed E-state index contributed by atoms with van der Waals surface area (Å²) in [5.41, 5.74) is 14.3. The van der Waals surface area contributed by atoms with Crippen molar-refractivity contribution in [3.8, 4) is 33.8 Å². The molecule has 3 nitrogen and oxygen atoms in total. The third-order valence-corrected chi connectivity index (χ3v) is 13.3.